The van der Waals surface area contributed by atoms with E-state index in [0.717, 1.165) is 51.6 Å². The predicted octanol–water partition coefficient (Wildman–Crippen LogP) is 1.69. The Bertz CT molecular complexity index is 1470. The topological polar surface area (TPSA) is 131 Å². The second-order valence-electron chi connectivity index (χ2n) is 10.6. The van der Waals surface area contributed by atoms with Crippen LogP contribution in [0, 0.1) is 6.92 Å². The van der Waals surface area contributed by atoms with E-state index in [9.17, 15) is 19.5 Å². The highest BCUT2D eigenvalue weighted by molar-refractivity contribution is 6.06. The molecule has 10 heteroatoms. The molecule has 0 aliphatic heterocycles. The van der Waals surface area contributed by atoms with Gasteiger partial charge in [-0.3, -0.25) is 14.4 Å². The minimum absolute atomic E-state index is 0.0436. The summed E-state index contributed by atoms with van der Waals surface area (Å²) in [7, 11) is 8.16. The standard InChI is InChI=1S/C29H42N6O4/c1-19-27(37)21(18-30-14-8-6-10-16-34(2)3)24-26(28(19)38)33-23-20(12-13-22(36)25(23)32-24)29(39)31-15-9-7-11-17-35(4)5/h12-13,18,30,33,37H,6-11,14-17H2,1-5H3,(H,31,39)/b21-18-. The van der Waals surface area contributed by atoms with Crippen LogP contribution in [0.1, 0.15) is 54.4 Å². The summed E-state index contributed by atoms with van der Waals surface area (Å²) < 4.78 is 0. The maximum absolute atomic E-state index is 13.1. The van der Waals surface area contributed by atoms with Crippen LogP contribution in [0.25, 0.3) is 28.3 Å². The zero-order valence-corrected chi connectivity index (χ0v) is 23.8. The van der Waals surface area contributed by atoms with E-state index >= 15 is 0 Å². The minimum atomic E-state index is -0.429. The lowest BCUT2D eigenvalue weighted by Gasteiger charge is -2.11. The molecule has 39 heavy (non-hydrogen) atoms. The molecule has 2 aromatic carbocycles. The number of H-pyrrole nitrogens is 1. The molecule has 212 valence electrons. The third kappa shape index (κ3) is 7.77. The van der Waals surface area contributed by atoms with E-state index in [0.29, 0.717) is 18.3 Å². The van der Waals surface area contributed by atoms with Gasteiger partial charge in [0.05, 0.1) is 16.3 Å². The number of phenols is 1. The molecule has 0 saturated carbocycles. The molecular weight excluding hydrogens is 496 g/mol. The largest absolute Gasteiger partial charge is 0.507 e. The molecule has 0 radical (unpaired) electrons. The van der Waals surface area contributed by atoms with E-state index in [2.05, 4.69) is 30.4 Å². The van der Waals surface area contributed by atoms with Crippen molar-refractivity contribution in [1.29, 1.82) is 0 Å². The number of phenolic OH excluding ortho intramolecular Hbond substituents is 1. The number of nitrogens with zero attached hydrogens (tertiary/aromatic N) is 3. The van der Waals surface area contributed by atoms with Gasteiger partial charge in [-0.05, 0) is 86.0 Å². The summed E-state index contributed by atoms with van der Waals surface area (Å²) in [6, 6.07) is 2.77. The average Bonchev–Trinajstić information content (AvgIpc) is 2.89. The average molecular weight is 539 g/mol. The Morgan fingerprint density at radius 3 is 2.21 bits per heavy atom. The van der Waals surface area contributed by atoms with Crippen molar-refractivity contribution in [3.05, 3.63) is 48.9 Å². The molecule has 0 aliphatic rings. The predicted molar refractivity (Wildman–Crippen MR) is 157 cm³/mol. The first-order valence-electron chi connectivity index (χ1n) is 13.6. The molecule has 1 amide bonds. The van der Waals surface area contributed by atoms with Crippen LogP contribution in [0.3, 0.4) is 0 Å². The van der Waals surface area contributed by atoms with E-state index in [-0.39, 0.29) is 50.3 Å². The van der Waals surface area contributed by atoms with Crippen LogP contribution in [0.2, 0.25) is 0 Å². The fraction of sp³-hybridized carbons (Fsp3) is 0.517. The van der Waals surface area contributed by atoms with Crippen LogP contribution in [-0.4, -0.2) is 85.2 Å². The van der Waals surface area contributed by atoms with Gasteiger partial charge in [-0.2, -0.15) is 0 Å². The molecule has 0 bridgehead atoms. The number of carbonyl (C=O) groups excluding carboxylic acids is 1. The van der Waals surface area contributed by atoms with E-state index in [1.165, 1.54) is 12.1 Å². The van der Waals surface area contributed by atoms with Crippen molar-refractivity contribution >= 4 is 34.2 Å². The van der Waals surface area contributed by atoms with Gasteiger partial charge in [-0.15, -0.1) is 0 Å². The van der Waals surface area contributed by atoms with E-state index < -0.39 is 5.43 Å². The summed E-state index contributed by atoms with van der Waals surface area (Å²) in [6.45, 7) is 4.77. The number of fused-ring (bicyclic) bond motifs is 2. The number of amides is 1. The van der Waals surface area contributed by atoms with Gasteiger partial charge in [-0.1, -0.05) is 12.8 Å². The van der Waals surface area contributed by atoms with Gasteiger partial charge in [0.15, 0.2) is 0 Å². The number of benzene rings is 2. The van der Waals surface area contributed by atoms with Gasteiger partial charge in [0.2, 0.25) is 10.9 Å². The Labute approximate surface area is 229 Å². The molecule has 3 aromatic rings. The van der Waals surface area contributed by atoms with Crippen LogP contribution in [0.4, 0.5) is 0 Å². The van der Waals surface area contributed by atoms with Crippen molar-refractivity contribution in [3.8, 4) is 5.75 Å². The van der Waals surface area contributed by atoms with Gasteiger partial charge in [-0.25, -0.2) is 4.98 Å². The Morgan fingerprint density at radius 1 is 0.923 bits per heavy atom. The summed E-state index contributed by atoms with van der Waals surface area (Å²) in [4.78, 5) is 50.6. The van der Waals surface area contributed by atoms with Crippen LogP contribution in [-0.2, 0) is 0 Å². The minimum Gasteiger partial charge on any atom is -0.507 e. The molecule has 0 atom stereocenters. The van der Waals surface area contributed by atoms with E-state index in [4.69, 9.17) is 0 Å². The lowest BCUT2D eigenvalue weighted by atomic mass is 10.1. The second-order valence-corrected chi connectivity index (χ2v) is 10.6. The van der Waals surface area contributed by atoms with Crippen LogP contribution in [0.15, 0.2) is 21.7 Å². The molecule has 0 aliphatic carbocycles. The van der Waals surface area contributed by atoms with Crippen molar-refractivity contribution in [2.24, 2.45) is 0 Å². The number of hydrogen-bond acceptors (Lipinski definition) is 8. The lowest BCUT2D eigenvalue weighted by Crippen LogP contribution is -2.26. The fourth-order valence-corrected chi connectivity index (χ4v) is 4.49. The molecule has 0 spiro atoms. The monoisotopic (exact) mass is 538 g/mol. The molecule has 0 saturated heterocycles. The fourth-order valence-electron chi connectivity index (χ4n) is 4.49. The van der Waals surface area contributed by atoms with Gasteiger partial charge < -0.3 is 30.5 Å². The maximum Gasteiger partial charge on any atom is 0.253 e. The number of aromatic hydroxyl groups is 1. The van der Waals surface area contributed by atoms with Crippen molar-refractivity contribution in [2.75, 3.05) is 54.4 Å². The third-order valence-corrected chi connectivity index (χ3v) is 6.77. The SMILES string of the molecule is Cc1c(O)/c(=C\NCCCCCN(C)C)c2nc3c(=O)ccc(C(=O)NCCCCCN(C)C)c3[nH]c2c1=O. The molecule has 3 rings (SSSR count). The summed E-state index contributed by atoms with van der Waals surface area (Å²) in [6.07, 6.45) is 7.61. The van der Waals surface area contributed by atoms with Gasteiger partial charge in [0.1, 0.15) is 22.3 Å². The molecule has 10 nitrogen and oxygen atoms in total. The van der Waals surface area contributed by atoms with Gasteiger partial charge in [0, 0.05) is 24.9 Å². The number of hydrogen-bond donors (Lipinski definition) is 4. The summed E-state index contributed by atoms with van der Waals surface area (Å²) in [5.74, 6) is -0.515. The first-order chi connectivity index (χ1) is 18.6. The highest BCUT2D eigenvalue weighted by atomic mass is 16.3. The maximum atomic E-state index is 13.1. The van der Waals surface area contributed by atoms with E-state index in [1.807, 2.05) is 28.2 Å². The number of unbranched alkanes of at least 4 members (excludes halogenated alkanes) is 4. The molecule has 4 N–H and O–H groups in total. The number of aromatic nitrogens is 2. The number of aromatic amines is 1. The zero-order valence-electron chi connectivity index (χ0n) is 23.8. The summed E-state index contributed by atoms with van der Waals surface area (Å²) >= 11 is 0. The highest BCUT2D eigenvalue weighted by Crippen LogP contribution is 2.17. The van der Waals surface area contributed by atoms with Crippen molar-refractivity contribution < 1.29 is 9.90 Å². The summed E-state index contributed by atoms with van der Waals surface area (Å²) in [5.41, 5.74) is 0.187. The van der Waals surface area contributed by atoms with Crippen LogP contribution < -0.4 is 26.7 Å². The smallest absolute Gasteiger partial charge is 0.253 e. The number of carbonyl (C=O) groups is 1. The Balaban J connectivity index is 1.90. The van der Waals surface area contributed by atoms with Crippen molar-refractivity contribution in [3.63, 3.8) is 0 Å². The zero-order chi connectivity index (χ0) is 28.5. The highest BCUT2D eigenvalue weighted by Gasteiger charge is 2.18. The quantitative estimate of drug-likeness (QED) is 0.180. The number of nitrogens with one attached hydrogen (secondary N) is 3. The van der Waals surface area contributed by atoms with E-state index in [1.54, 1.807) is 13.1 Å². The molecule has 0 unspecified atom stereocenters. The first-order valence-corrected chi connectivity index (χ1v) is 13.6. The second kappa shape index (κ2) is 14.0. The van der Waals surface area contributed by atoms with Gasteiger partial charge in [0.25, 0.3) is 5.91 Å². The normalized spacial score (nSPS) is 12.2. The Kier molecular flexibility index (Phi) is 10.8. The van der Waals surface area contributed by atoms with Crippen LogP contribution in [0.5, 0.6) is 5.75 Å². The summed E-state index contributed by atoms with van der Waals surface area (Å²) in [5, 5.41) is 17.2. The van der Waals surface area contributed by atoms with Crippen molar-refractivity contribution in [2.45, 2.75) is 45.4 Å². The first kappa shape index (κ1) is 30.0. The Hall–Kier alpha value is -3.50. The number of rotatable bonds is 14. The molecule has 1 aromatic heterocycles. The molecule has 0 fully saturated rings. The van der Waals surface area contributed by atoms with Crippen LogP contribution >= 0.6 is 0 Å². The third-order valence-electron chi connectivity index (χ3n) is 6.77. The van der Waals surface area contributed by atoms with Crippen molar-refractivity contribution in [1.82, 2.24) is 30.4 Å². The lowest BCUT2D eigenvalue weighted by molar-refractivity contribution is 0.0954. The molecular formula is C29H42N6O4. The van der Waals surface area contributed by atoms with Gasteiger partial charge >= 0.3 is 0 Å². The Morgan fingerprint density at radius 2 is 1.56 bits per heavy atom. The molecule has 1 heterocycles.